The SMILES string of the molecule is COC(=O)C(C(N)=O)N(CCCN)c1ccc(C(=O)O)cc1[N+](=O)[O-]. The zero-order valence-electron chi connectivity index (χ0n) is 13.4. The first-order valence-corrected chi connectivity index (χ1v) is 7.10. The molecule has 11 nitrogen and oxygen atoms in total. The number of nitrogens with zero attached hydrogens (tertiary/aromatic N) is 2. The number of methoxy groups -OCH3 is 1. The topological polar surface area (TPSA) is 179 Å². The van der Waals surface area contributed by atoms with Crippen LogP contribution in [0.5, 0.6) is 0 Å². The van der Waals surface area contributed by atoms with Crippen molar-refractivity contribution in [2.75, 3.05) is 25.1 Å². The number of anilines is 1. The van der Waals surface area contributed by atoms with E-state index >= 15 is 0 Å². The summed E-state index contributed by atoms with van der Waals surface area (Å²) in [4.78, 5) is 46.3. The number of primary amides is 1. The molecule has 0 heterocycles. The number of carbonyl (C=O) groups is 3. The summed E-state index contributed by atoms with van der Waals surface area (Å²) in [6, 6.07) is 1.47. The summed E-state index contributed by atoms with van der Waals surface area (Å²) in [5, 5.41) is 20.3. The Bertz CT molecular complexity index is 692. The van der Waals surface area contributed by atoms with Crippen molar-refractivity contribution < 1.29 is 29.2 Å². The third-order valence-electron chi connectivity index (χ3n) is 3.34. The monoisotopic (exact) mass is 354 g/mol. The number of carbonyl (C=O) groups excluding carboxylic acids is 2. The van der Waals surface area contributed by atoms with Gasteiger partial charge in [-0.15, -0.1) is 0 Å². The fourth-order valence-electron chi connectivity index (χ4n) is 2.20. The largest absolute Gasteiger partial charge is 0.478 e. The normalized spacial score (nSPS) is 11.4. The Morgan fingerprint density at radius 3 is 2.48 bits per heavy atom. The Morgan fingerprint density at radius 1 is 1.40 bits per heavy atom. The maximum atomic E-state index is 11.9. The lowest BCUT2D eigenvalue weighted by Crippen LogP contribution is -2.51. The van der Waals surface area contributed by atoms with Gasteiger partial charge in [-0.1, -0.05) is 0 Å². The number of amides is 1. The zero-order valence-corrected chi connectivity index (χ0v) is 13.4. The van der Waals surface area contributed by atoms with E-state index in [1.807, 2.05) is 0 Å². The molecule has 5 N–H and O–H groups in total. The van der Waals surface area contributed by atoms with E-state index in [9.17, 15) is 24.5 Å². The summed E-state index contributed by atoms with van der Waals surface area (Å²) >= 11 is 0. The molecule has 0 aliphatic carbocycles. The van der Waals surface area contributed by atoms with Gasteiger partial charge in [-0.2, -0.15) is 0 Å². The molecule has 136 valence electrons. The van der Waals surface area contributed by atoms with Gasteiger partial charge < -0.3 is 26.2 Å². The average Bonchev–Trinajstić information content (AvgIpc) is 2.56. The van der Waals surface area contributed by atoms with Crippen molar-refractivity contribution in [3.8, 4) is 0 Å². The van der Waals surface area contributed by atoms with Crippen molar-refractivity contribution in [2.45, 2.75) is 12.5 Å². The second-order valence-corrected chi connectivity index (χ2v) is 4.93. The number of nitro benzene ring substituents is 1. The van der Waals surface area contributed by atoms with Crippen LogP contribution < -0.4 is 16.4 Å². The number of ether oxygens (including phenoxy) is 1. The Morgan fingerprint density at radius 2 is 2.04 bits per heavy atom. The van der Waals surface area contributed by atoms with Crippen molar-refractivity contribution >= 4 is 29.2 Å². The fourth-order valence-corrected chi connectivity index (χ4v) is 2.20. The van der Waals surface area contributed by atoms with E-state index in [-0.39, 0.29) is 24.3 Å². The number of hydrogen-bond acceptors (Lipinski definition) is 8. The summed E-state index contributed by atoms with van der Waals surface area (Å²) in [6.07, 6.45) is 0.290. The van der Waals surface area contributed by atoms with E-state index in [1.165, 1.54) is 0 Å². The molecule has 1 aromatic rings. The van der Waals surface area contributed by atoms with Crippen LogP contribution in [0.25, 0.3) is 0 Å². The van der Waals surface area contributed by atoms with Crippen LogP contribution in [0, 0.1) is 10.1 Å². The lowest BCUT2D eigenvalue weighted by Gasteiger charge is -2.29. The maximum absolute atomic E-state index is 11.9. The predicted molar refractivity (Wildman–Crippen MR) is 86.1 cm³/mol. The summed E-state index contributed by atoms with van der Waals surface area (Å²) in [6.45, 7) is 0.177. The van der Waals surface area contributed by atoms with Crippen LogP contribution in [0.1, 0.15) is 16.8 Å². The van der Waals surface area contributed by atoms with Gasteiger partial charge in [0.05, 0.1) is 17.6 Å². The Balaban J connectivity index is 3.53. The quantitative estimate of drug-likeness (QED) is 0.227. The van der Waals surface area contributed by atoms with E-state index in [2.05, 4.69) is 4.74 Å². The van der Waals surface area contributed by atoms with Gasteiger partial charge in [0.1, 0.15) is 5.69 Å². The molecule has 0 fully saturated rings. The van der Waals surface area contributed by atoms with Gasteiger partial charge in [0.25, 0.3) is 11.6 Å². The molecule has 0 aliphatic rings. The Hall–Kier alpha value is -3.21. The van der Waals surface area contributed by atoms with Gasteiger partial charge >= 0.3 is 11.9 Å². The van der Waals surface area contributed by atoms with Crippen LogP contribution in [0.2, 0.25) is 0 Å². The molecule has 0 bridgehead atoms. The highest BCUT2D eigenvalue weighted by Gasteiger charge is 2.35. The molecule has 0 saturated carbocycles. The lowest BCUT2D eigenvalue weighted by atomic mass is 10.1. The van der Waals surface area contributed by atoms with Crippen LogP contribution in [0.4, 0.5) is 11.4 Å². The maximum Gasteiger partial charge on any atom is 0.338 e. The molecule has 1 aromatic carbocycles. The van der Waals surface area contributed by atoms with Crippen LogP contribution >= 0.6 is 0 Å². The highest BCUT2D eigenvalue weighted by Crippen LogP contribution is 2.31. The predicted octanol–water partition coefficient (Wildman–Crippen LogP) is -0.525. The van der Waals surface area contributed by atoms with Gasteiger partial charge in [-0.3, -0.25) is 14.9 Å². The lowest BCUT2D eigenvalue weighted by molar-refractivity contribution is -0.384. The first-order chi connectivity index (χ1) is 11.7. The molecule has 1 amide bonds. The minimum absolute atomic E-state index is 0.00748. The fraction of sp³-hybridized carbons (Fsp3) is 0.357. The minimum atomic E-state index is -1.62. The molecule has 11 heteroatoms. The smallest absolute Gasteiger partial charge is 0.338 e. The number of carboxylic acids is 1. The van der Waals surface area contributed by atoms with Gasteiger partial charge in [0.2, 0.25) is 6.04 Å². The van der Waals surface area contributed by atoms with E-state index in [1.54, 1.807) is 0 Å². The van der Waals surface area contributed by atoms with E-state index in [0.717, 1.165) is 30.2 Å². The van der Waals surface area contributed by atoms with Gasteiger partial charge in [0, 0.05) is 12.6 Å². The summed E-state index contributed by atoms with van der Waals surface area (Å²) in [5.41, 5.74) is 9.63. The van der Waals surface area contributed by atoms with Crippen molar-refractivity contribution in [1.82, 2.24) is 0 Å². The number of nitrogens with two attached hydrogens (primary N) is 2. The average molecular weight is 354 g/mol. The molecular formula is C14H18N4O7. The molecule has 0 saturated heterocycles. The van der Waals surface area contributed by atoms with Gasteiger partial charge in [-0.25, -0.2) is 9.59 Å². The van der Waals surface area contributed by atoms with Crippen LogP contribution in [-0.2, 0) is 14.3 Å². The third-order valence-corrected chi connectivity index (χ3v) is 3.34. The molecule has 0 spiro atoms. The van der Waals surface area contributed by atoms with Crippen LogP contribution in [0.3, 0.4) is 0 Å². The molecule has 1 atom stereocenters. The van der Waals surface area contributed by atoms with Gasteiger partial charge in [-0.05, 0) is 25.1 Å². The Kier molecular flexibility index (Phi) is 6.81. The zero-order chi connectivity index (χ0) is 19.1. The summed E-state index contributed by atoms with van der Waals surface area (Å²) in [7, 11) is 1.04. The van der Waals surface area contributed by atoms with Gasteiger partial charge in [0.15, 0.2) is 0 Å². The molecule has 1 rings (SSSR count). The molecule has 1 unspecified atom stereocenters. The van der Waals surface area contributed by atoms with Crippen LogP contribution in [0.15, 0.2) is 18.2 Å². The van der Waals surface area contributed by atoms with E-state index in [4.69, 9.17) is 16.6 Å². The molecule has 0 aromatic heterocycles. The van der Waals surface area contributed by atoms with Crippen molar-refractivity contribution in [1.29, 1.82) is 0 Å². The molecular weight excluding hydrogens is 336 g/mol. The second-order valence-electron chi connectivity index (χ2n) is 4.93. The number of esters is 1. The number of aromatic carboxylic acids is 1. The summed E-state index contributed by atoms with van der Waals surface area (Å²) in [5.74, 6) is -3.43. The first kappa shape index (κ1) is 19.8. The second kappa shape index (κ2) is 8.59. The summed E-state index contributed by atoms with van der Waals surface area (Å²) < 4.78 is 4.54. The Labute approximate surface area is 142 Å². The molecule has 0 aliphatic heterocycles. The third kappa shape index (κ3) is 4.64. The van der Waals surface area contributed by atoms with Crippen molar-refractivity contribution in [3.05, 3.63) is 33.9 Å². The minimum Gasteiger partial charge on any atom is -0.478 e. The van der Waals surface area contributed by atoms with Crippen molar-refractivity contribution in [2.24, 2.45) is 11.5 Å². The first-order valence-electron chi connectivity index (χ1n) is 7.10. The number of rotatable bonds is 9. The highest BCUT2D eigenvalue weighted by atomic mass is 16.6. The van der Waals surface area contributed by atoms with Crippen LogP contribution in [-0.4, -0.2) is 54.1 Å². The standard InChI is InChI=1S/C14H18N4O7/c1-25-14(22)11(12(16)19)17(6-2-5-15)9-4-3-8(13(20)21)7-10(9)18(23)24/h3-4,7,11H,2,5-6,15H2,1H3,(H2,16,19)(H,20,21). The molecule has 25 heavy (non-hydrogen) atoms. The highest BCUT2D eigenvalue weighted by molar-refractivity contribution is 6.05. The number of nitro groups is 1. The van der Waals surface area contributed by atoms with E-state index in [0.29, 0.717) is 6.42 Å². The van der Waals surface area contributed by atoms with Crippen molar-refractivity contribution in [3.63, 3.8) is 0 Å². The number of carboxylic acid groups (broad SMARTS) is 1. The van der Waals surface area contributed by atoms with E-state index < -0.39 is 34.5 Å². The number of benzene rings is 1. The number of hydrogen-bond donors (Lipinski definition) is 3. The molecule has 0 radical (unpaired) electrons.